The zero-order valence-electron chi connectivity index (χ0n) is 10.7. The number of hydrogen-bond acceptors (Lipinski definition) is 3. The average Bonchev–Trinajstić information content (AvgIpc) is 2.30. The molecule has 3 nitrogen and oxygen atoms in total. The molecule has 18 heavy (non-hydrogen) atoms. The van der Waals surface area contributed by atoms with Crippen molar-refractivity contribution >= 4 is 5.69 Å². The Morgan fingerprint density at radius 2 is 1.61 bits per heavy atom. The second-order valence-electron chi connectivity index (χ2n) is 4.57. The van der Waals surface area contributed by atoms with Gasteiger partial charge in [0.25, 0.3) is 0 Å². The van der Waals surface area contributed by atoms with E-state index in [0.29, 0.717) is 11.3 Å². The molecule has 92 valence electrons. The van der Waals surface area contributed by atoms with Gasteiger partial charge in [-0.1, -0.05) is 17.7 Å². The summed E-state index contributed by atoms with van der Waals surface area (Å²) < 4.78 is 0. The maximum Gasteiger partial charge on any atom is 0.123 e. The molecule has 2 rings (SSSR count). The summed E-state index contributed by atoms with van der Waals surface area (Å²) in [4.78, 5) is 10.6. The monoisotopic (exact) mass is 241 g/mol. The van der Waals surface area contributed by atoms with Crippen molar-refractivity contribution in [3.63, 3.8) is 0 Å². The molecule has 0 saturated heterocycles. The lowest BCUT2D eigenvalue weighted by Crippen LogP contribution is -1.90. The Morgan fingerprint density at radius 1 is 1.00 bits per heavy atom. The molecule has 0 aliphatic carbocycles. The van der Waals surface area contributed by atoms with E-state index in [1.54, 1.807) is 6.07 Å². The van der Waals surface area contributed by atoms with E-state index >= 15 is 0 Å². The molecule has 0 atom stereocenters. The van der Waals surface area contributed by atoms with Crippen LogP contribution in [0.25, 0.3) is 11.1 Å². The van der Waals surface area contributed by atoms with Gasteiger partial charge < -0.3 is 5.11 Å². The van der Waals surface area contributed by atoms with Crippen LogP contribution in [-0.2, 0) is 0 Å². The van der Waals surface area contributed by atoms with Crippen molar-refractivity contribution in [2.24, 2.45) is 5.18 Å². The Balaban J connectivity index is 2.72. The van der Waals surface area contributed by atoms with Gasteiger partial charge in [0.2, 0.25) is 0 Å². The van der Waals surface area contributed by atoms with E-state index in [1.165, 1.54) is 17.7 Å². The van der Waals surface area contributed by atoms with Crippen molar-refractivity contribution < 1.29 is 5.11 Å². The van der Waals surface area contributed by atoms with E-state index in [4.69, 9.17) is 0 Å². The van der Waals surface area contributed by atoms with Crippen LogP contribution in [0.1, 0.15) is 16.7 Å². The van der Waals surface area contributed by atoms with Gasteiger partial charge in [-0.2, -0.15) is 0 Å². The van der Waals surface area contributed by atoms with Gasteiger partial charge in [-0.05, 0) is 60.8 Å². The highest BCUT2D eigenvalue weighted by atomic mass is 16.3. The Hall–Kier alpha value is -2.16. The molecular formula is C15H15NO2. The molecule has 2 aromatic carbocycles. The minimum atomic E-state index is 0.164. The number of nitrogens with zero attached hydrogens (tertiary/aromatic N) is 1. The summed E-state index contributed by atoms with van der Waals surface area (Å²) in [5, 5.41) is 12.9. The van der Waals surface area contributed by atoms with Crippen LogP contribution in [0.2, 0.25) is 0 Å². The zero-order valence-corrected chi connectivity index (χ0v) is 10.7. The summed E-state index contributed by atoms with van der Waals surface area (Å²) in [6, 6.07) is 8.74. The molecule has 2 aromatic rings. The highest BCUT2D eigenvalue weighted by Gasteiger charge is 2.11. The Kier molecular flexibility index (Phi) is 3.15. The fourth-order valence-corrected chi connectivity index (χ4v) is 2.39. The number of phenols is 1. The lowest BCUT2D eigenvalue weighted by atomic mass is 9.93. The third-order valence-electron chi connectivity index (χ3n) is 3.03. The molecule has 0 bridgehead atoms. The molecular weight excluding hydrogens is 226 g/mol. The molecule has 3 heteroatoms. The van der Waals surface area contributed by atoms with Crippen LogP contribution in [0, 0.1) is 25.7 Å². The van der Waals surface area contributed by atoms with Crippen molar-refractivity contribution in [2.75, 3.05) is 0 Å². The first kappa shape index (κ1) is 12.3. The molecule has 1 N–H and O–H groups in total. The first-order chi connectivity index (χ1) is 8.52. The SMILES string of the molecule is Cc1cc(C)c(-c2cc(N=O)ccc2O)c(C)c1. The predicted molar refractivity (Wildman–Crippen MR) is 73.2 cm³/mol. The van der Waals surface area contributed by atoms with Gasteiger partial charge in [-0.3, -0.25) is 0 Å². The van der Waals surface area contributed by atoms with E-state index < -0.39 is 0 Å². The number of benzene rings is 2. The van der Waals surface area contributed by atoms with E-state index in [0.717, 1.165) is 16.7 Å². The van der Waals surface area contributed by atoms with E-state index in [1.807, 2.05) is 20.8 Å². The van der Waals surface area contributed by atoms with Gasteiger partial charge in [0.05, 0.1) is 0 Å². The zero-order chi connectivity index (χ0) is 13.3. The third kappa shape index (κ3) is 2.12. The minimum Gasteiger partial charge on any atom is -0.507 e. The lowest BCUT2D eigenvalue weighted by molar-refractivity contribution is 0.477. The average molecular weight is 241 g/mol. The van der Waals surface area contributed by atoms with E-state index in [2.05, 4.69) is 17.3 Å². The maximum absolute atomic E-state index is 10.6. The van der Waals surface area contributed by atoms with E-state index in [-0.39, 0.29) is 5.75 Å². The quantitative estimate of drug-likeness (QED) is 0.793. The van der Waals surface area contributed by atoms with Crippen molar-refractivity contribution in [3.8, 4) is 16.9 Å². The summed E-state index contributed by atoms with van der Waals surface area (Å²) in [5.74, 6) is 0.164. The van der Waals surface area contributed by atoms with Crippen LogP contribution < -0.4 is 0 Å². The molecule has 0 aliphatic rings. The molecule has 0 unspecified atom stereocenters. The molecule has 0 fully saturated rings. The van der Waals surface area contributed by atoms with Gasteiger partial charge in [0, 0.05) is 5.56 Å². The molecule has 0 aliphatic heterocycles. The Bertz CT molecular complexity index is 595. The molecule has 0 amide bonds. The van der Waals surface area contributed by atoms with Gasteiger partial charge in [-0.25, -0.2) is 0 Å². The smallest absolute Gasteiger partial charge is 0.123 e. The first-order valence-electron chi connectivity index (χ1n) is 5.77. The van der Waals surface area contributed by atoms with Crippen LogP contribution in [-0.4, -0.2) is 5.11 Å². The van der Waals surface area contributed by atoms with Crippen molar-refractivity contribution in [2.45, 2.75) is 20.8 Å². The van der Waals surface area contributed by atoms with Crippen LogP contribution in [0.5, 0.6) is 5.75 Å². The number of nitroso groups, excluding NO2 is 1. The predicted octanol–water partition coefficient (Wildman–Crippen LogP) is 4.38. The van der Waals surface area contributed by atoms with Crippen LogP contribution >= 0.6 is 0 Å². The van der Waals surface area contributed by atoms with Crippen LogP contribution in [0.4, 0.5) is 5.69 Å². The summed E-state index contributed by atoms with van der Waals surface area (Å²) in [6.07, 6.45) is 0. The highest BCUT2D eigenvalue weighted by molar-refractivity contribution is 5.78. The number of phenolic OH excluding ortho intramolecular Hbond substituents is 1. The van der Waals surface area contributed by atoms with Gasteiger partial charge in [-0.15, -0.1) is 4.91 Å². The van der Waals surface area contributed by atoms with Gasteiger partial charge in [0.15, 0.2) is 0 Å². The number of aromatic hydroxyl groups is 1. The van der Waals surface area contributed by atoms with Crippen molar-refractivity contribution in [1.82, 2.24) is 0 Å². The highest BCUT2D eigenvalue weighted by Crippen LogP contribution is 2.36. The largest absolute Gasteiger partial charge is 0.507 e. The van der Waals surface area contributed by atoms with Gasteiger partial charge in [0.1, 0.15) is 11.4 Å². The molecule has 0 aromatic heterocycles. The van der Waals surface area contributed by atoms with Crippen molar-refractivity contribution in [3.05, 3.63) is 51.9 Å². The minimum absolute atomic E-state index is 0.164. The van der Waals surface area contributed by atoms with E-state index in [9.17, 15) is 10.0 Å². The second kappa shape index (κ2) is 4.61. The number of hydrogen-bond donors (Lipinski definition) is 1. The Labute approximate surface area is 106 Å². The topological polar surface area (TPSA) is 49.7 Å². The summed E-state index contributed by atoms with van der Waals surface area (Å²) >= 11 is 0. The third-order valence-corrected chi connectivity index (χ3v) is 3.03. The summed E-state index contributed by atoms with van der Waals surface area (Å²) in [7, 11) is 0. The number of rotatable bonds is 2. The fraction of sp³-hybridized carbons (Fsp3) is 0.200. The molecule has 0 spiro atoms. The molecule has 0 heterocycles. The lowest BCUT2D eigenvalue weighted by Gasteiger charge is -2.13. The van der Waals surface area contributed by atoms with Gasteiger partial charge >= 0.3 is 0 Å². The second-order valence-corrected chi connectivity index (χ2v) is 4.57. The van der Waals surface area contributed by atoms with Crippen LogP contribution in [0.15, 0.2) is 35.5 Å². The standard InChI is InChI=1S/C15H15NO2/c1-9-6-10(2)15(11(3)7-9)13-8-12(16-18)4-5-14(13)17/h4-8,17H,1-3H3. The fourth-order valence-electron chi connectivity index (χ4n) is 2.39. The maximum atomic E-state index is 10.6. The van der Waals surface area contributed by atoms with Crippen LogP contribution in [0.3, 0.4) is 0 Å². The molecule has 0 radical (unpaired) electrons. The Morgan fingerprint density at radius 3 is 2.17 bits per heavy atom. The first-order valence-corrected chi connectivity index (χ1v) is 5.77. The normalized spacial score (nSPS) is 10.4. The summed E-state index contributed by atoms with van der Waals surface area (Å²) in [5.41, 5.74) is 5.27. The summed E-state index contributed by atoms with van der Waals surface area (Å²) in [6.45, 7) is 6.03. The van der Waals surface area contributed by atoms with Crippen molar-refractivity contribution in [1.29, 1.82) is 0 Å². The molecule has 0 saturated carbocycles. The number of aryl methyl sites for hydroxylation is 3.